The normalized spacial score (nSPS) is 10.8. The number of carbonyl (C=O) groups excluding carboxylic acids is 1. The smallest absolute Gasteiger partial charge is 0.276 e. The lowest BCUT2D eigenvalue weighted by Crippen LogP contribution is -2.15. The van der Waals surface area contributed by atoms with Crippen LogP contribution >= 0.6 is 11.6 Å². The Morgan fingerprint density at radius 2 is 1.97 bits per heavy atom. The van der Waals surface area contributed by atoms with Crippen molar-refractivity contribution < 1.29 is 23.1 Å². The quantitative estimate of drug-likeness (QED) is 0.369. The number of nitrogens with zero attached hydrogens (tertiary/aromatic N) is 2. The van der Waals surface area contributed by atoms with Gasteiger partial charge in [0.25, 0.3) is 5.91 Å². The van der Waals surface area contributed by atoms with Crippen LogP contribution < -0.4 is 10.1 Å². The Balaban J connectivity index is 1.66. The lowest BCUT2D eigenvalue weighted by Gasteiger charge is -2.12. The lowest BCUT2D eigenvalue weighted by atomic mass is 10.2. The van der Waals surface area contributed by atoms with Crippen LogP contribution in [0.3, 0.4) is 0 Å². The summed E-state index contributed by atoms with van der Waals surface area (Å²) >= 11 is 5.99. The number of halogens is 2. The van der Waals surface area contributed by atoms with E-state index in [4.69, 9.17) is 25.5 Å². The van der Waals surface area contributed by atoms with Crippen LogP contribution in [0.25, 0.3) is 17.1 Å². The van der Waals surface area contributed by atoms with E-state index in [-0.39, 0.29) is 18.0 Å². The second-order valence-electron chi connectivity index (χ2n) is 6.72. The molecule has 0 saturated carbocycles. The van der Waals surface area contributed by atoms with Crippen LogP contribution in [0.1, 0.15) is 10.5 Å². The molecule has 164 valence electrons. The Hall–Kier alpha value is -3.62. The highest BCUT2D eigenvalue weighted by Crippen LogP contribution is 2.28. The van der Waals surface area contributed by atoms with E-state index in [2.05, 4.69) is 10.4 Å². The summed E-state index contributed by atoms with van der Waals surface area (Å²) in [5, 5.41) is 7.68. The van der Waals surface area contributed by atoms with Gasteiger partial charge in [0.2, 0.25) is 0 Å². The van der Waals surface area contributed by atoms with Crippen LogP contribution in [0.5, 0.6) is 5.75 Å². The van der Waals surface area contributed by atoms with E-state index in [9.17, 15) is 9.18 Å². The lowest BCUT2D eigenvalue weighted by molar-refractivity contribution is 0.102. The summed E-state index contributed by atoms with van der Waals surface area (Å²) < 4.78 is 31.4. The number of carbonyl (C=O) groups is 1. The van der Waals surface area contributed by atoms with Gasteiger partial charge in [-0.3, -0.25) is 4.79 Å². The fourth-order valence-electron chi connectivity index (χ4n) is 3.02. The molecular weight excluding hydrogens is 437 g/mol. The van der Waals surface area contributed by atoms with Crippen LogP contribution in [-0.4, -0.2) is 36.0 Å². The number of benzene rings is 2. The van der Waals surface area contributed by atoms with E-state index in [1.54, 1.807) is 54.3 Å². The molecule has 1 N–H and O–H groups in total. The maximum absolute atomic E-state index is 13.8. The molecule has 2 aromatic carbocycles. The number of aromatic nitrogens is 2. The number of nitrogens with one attached hydrogen (secondary N) is 1. The number of methoxy groups -OCH3 is 1. The number of hydrogen-bond acceptors (Lipinski definition) is 5. The van der Waals surface area contributed by atoms with Crippen LogP contribution in [0.2, 0.25) is 5.02 Å². The topological polar surface area (TPSA) is 78.5 Å². The molecule has 7 nitrogen and oxygen atoms in total. The average molecular weight is 456 g/mol. The van der Waals surface area contributed by atoms with Gasteiger partial charge < -0.3 is 19.2 Å². The molecule has 4 aromatic rings. The molecule has 9 heteroatoms. The van der Waals surface area contributed by atoms with Crippen molar-refractivity contribution in [3.8, 4) is 22.9 Å². The van der Waals surface area contributed by atoms with E-state index in [0.717, 1.165) is 0 Å². The summed E-state index contributed by atoms with van der Waals surface area (Å²) in [5.74, 6) is -0.198. The molecule has 2 heterocycles. The zero-order valence-corrected chi connectivity index (χ0v) is 17.8. The molecule has 1 amide bonds. The predicted molar refractivity (Wildman–Crippen MR) is 118 cm³/mol. The Kier molecular flexibility index (Phi) is 6.53. The van der Waals surface area contributed by atoms with Gasteiger partial charge in [0.05, 0.1) is 24.2 Å². The van der Waals surface area contributed by atoms with E-state index in [0.29, 0.717) is 34.5 Å². The number of hydrogen-bond donors (Lipinski definition) is 1. The van der Waals surface area contributed by atoms with E-state index in [1.165, 1.54) is 24.5 Å². The zero-order valence-electron chi connectivity index (χ0n) is 17.0. The first kappa shape index (κ1) is 21.6. The molecule has 0 radical (unpaired) electrons. The van der Waals surface area contributed by atoms with Crippen LogP contribution in [0.15, 0.2) is 71.3 Å². The molecule has 0 atom stereocenters. The largest absolute Gasteiger partial charge is 0.489 e. The molecule has 0 aliphatic rings. The van der Waals surface area contributed by atoms with Crippen molar-refractivity contribution in [2.75, 3.05) is 25.6 Å². The minimum atomic E-state index is -0.535. The zero-order chi connectivity index (χ0) is 22.5. The number of amides is 1. The van der Waals surface area contributed by atoms with Crippen molar-refractivity contribution >= 4 is 23.2 Å². The average Bonchev–Trinajstić information content (AvgIpc) is 3.46. The van der Waals surface area contributed by atoms with Gasteiger partial charge in [-0.15, -0.1) is 0 Å². The maximum Gasteiger partial charge on any atom is 0.276 e. The van der Waals surface area contributed by atoms with Crippen molar-refractivity contribution in [3.05, 3.63) is 83.5 Å². The Bertz CT molecular complexity index is 1210. The third kappa shape index (κ3) is 4.82. The van der Waals surface area contributed by atoms with Gasteiger partial charge in [-0.25, -0.2) is 9.07 Å². The second kappa shape index (κ2) is 9.67. The Morgan fingerprint density at radius 1 is 1.16 bits per heavy atom. The third-order valence-corrected chi connectivity index (χ3v) is 4.77. The van der Waals surface area contributed by atoms with Gasteiger partial charge in [0.15, 0.2) is 11.5 Å². The second-order valence-corrected chi connectivity index (χ2v) is 7.15. The Morgan fingerprint density at radius 3 is 2.69 bits per heavy atom. The molecule has 0 aliphatic heterocycles. The van der Waals surface area contributed by atoms with Gasteiger partial charge in [-0.05, 0) is 48.5 Å². The highest BCUT2D eigenvalue weighted by atomic mass is 35.5. The first-order valence-corrected chi connectivity index (χ1v) is 10.1. The minimum Gasteiger partial charge on any atom is -0.489 e. The minimum absolute atomic E-state index is 0.110. The fraction of sp³-hybridized carbons (Fsp3) is 0.130. The van der Waals surface area contributed by atoms with Gasteiger partial charge in [0.1, 0.15) is 23.9 Å². The summed E-state index contributed by atoms with van der Waals surface area (Å²) in [5.41, 5.74) is 1.55. The van der Waals surface area contributed by atoms with Crippen LogP contribution in [-0.2, 0) is 4.74 Å². The molecule has 0 spiro atoms. The number of rotatable bonds is 8. The summed E-state index contributed by atoms with van der Waals surface area (Å²) in [7, 11) is 1.55. The van der Waals surface area contributed by atoms with Crippen LogP contribution in [0, 0.1) is 5.82 Å². The number of ether oxygens (including phenoxy) is 2. The van der Waals surface area contributed by atoms with Crippen LogP contribution in [0.4, 0.5) is 10.1 Å². The van der Waals surface area contributed by atoms with Crippen molar-refractivity contribution in [3.63, 3.8) is 0 Å². The molecule has 0 fully saturated rings. The predicted octanol–water partition coefficient (Wildman–Crippen LogP) is 5.20. The van der Waals surface area contributed by atoms with E-state index >= 15 is 0 Å². The summed E-state index contributed by atoms with van der Waals surface area (Å²) in [6.45, 7) is 0.599. The molecule has 32 heavy (non-hydrogen) atoms. The molecule has 4 rings (SSSR count). The van der Waals surface area contributed by atoms with Crippen molar-refractivity contribution in [2.45, 2.75) is 0 Å². The molecule has 0 saturated heterocycles. The first-order valence-electron chi connectivity index (χ1n) is 9.67. The highest BCUT2D eigenvalue weighted by Gasteiger charge is 2.20. The number of anilines is 1. The van der Waals surface area contributed by atoms with Crippen molar-refractivity contribution in [1.82, 2.24) is 9.78 Å². The molecule has 0 unspecified atom stereocenters. The number of furan rings is 1. The van der Waals surface area contributed by atoms with Crippen molar-refractivity contribution in [2.24, 2.45) is 0 Å². The fourth-order valence-corrected chi connectivity index (χ4v) is 3.14. The van der Waals surface area contributed by atoms with Gasteiger partial charge >= 0.3 is 0 Å². The highest BCUT2D eigenvalue weighted by molar-refractivity contribution is 6.30. The molecular formula is C23H19ClFN3O4. The van der Waals surface area contributed by atoms with E-state index in [1.807, 2.05) is 0 Å². The standard InChI is InChI=1S/C23H19ClFN3O4/c1-30-11-12-32-21-9-6-16(25)13-18(21)26-23(29)19-14-20(22-3-2-10-31-22)28(27-19)17-7-4-15(24)5-8-17/h2-10,13-14H,11-12H2,1H3,(H,26,29). The van der Waals surface area contributed by atoms with Crippen molar-refractivity contribution in [1.29, 1.82) is 0 Å². The summed E-state index contributed by atoms with van der Waals surface area (Å²) in [4.78, 5) is 13.0. The summed E-state index contributed by atoms with van der Waals surface area (Å²) in [6, 6.07) is 16.0. The first-order chi connectivity index (χ1) is 15.5. The monoisotopic (exact) mass is 455 g/mol. The molecule has 0 bridgehead atoms. The SMILES string of the molecule is COCCOc1ccc(F)cc1NC(=O)c1cc(-c2ccco2)n(-c2ccc(Cl)cc2)n1. The van der Waals surface area contributed by atoms with Gasteiger partial charge in [-0.2, -0.15) is 5.10 Å². The summed E-state index contributed by atoms with van der Waals surface area (Å²) in [6.07, 6.45) is 1.53. The third-order valence-electron chi connectivity index (χ3n) is 4.52. The van der Waals surface area contributed by atoms with Gasteiger partial charge in [0, 0.05) is 24.3 Å². The van der Waals surface area contributed by atoms with E-state index < -0.39 is 11.7 Å². The maximum atomic E-state index is 13.8. The molecule has 0 aliphatic carbocycles. The van der Waals surface area contributed by atoms with Gasteiger partial charge in [-0.1, -0.05) is 11.6 Å². The Labute approximate surface area is 188 Å². The molecule has 2 aromatic heterocycles.